The lowest BCUT2D eigenvalue weighted by Crippen LogP contribution is -2.52. The van der Waals surface area contributed by atoms with Crippen molar-refractivity contribution in [3.8, 4) is 11.5 Å². The number of anilines is 1. The molecule has 0 bridgehead atoms. The molecule has 0 spiro atoms. The molecular weight excluding hydrogens is 449 g/mol. The first-order valence-electron chi connectivity index (χ1n) is 10.7. The van der Waals surface area contributed by atoms with Crippen molar-refractivity contribution in [2.24, 2.45) is 0 Å². The van der Waals surface area contributed by atoms with E-state index >= 15 is 0 Å². The van der Waals surface area contributed by atoms with E-state index in [-0.39, 0.29) is 36.2 Å². The maximum atomic E-state index is 14.6. The molecule has 3 heterocycles. The third kappa shape index (κ3) is 5.45. The van der Waals surface area contributed by atoms with Crippen molar-refractivity contribution < 1.29 is 22.7 Å². The summed E-state index contributed by atoms with van der Waals surface area (Å²) in [6.45, 7) is 1.67. The van der Waals surface area contributed by atoms with Crippen LogP contribution >= 0.6 is 0 Å². The minimum Gasteiger partial charge on any atom is -0.456 e. The van der Waals surface area contributed by atoms with Crippen molar-refractivity contribution in [3.63, 3.8) is 0 Å². The fourth-order valence-corrected chi connectivity index (χ4v) is 3.82. The summed E-state index contributed by atoms with van der Waals surface area (Å²) in [6, 6.07) is 10.6. The quantitative estimate of drug-likeness (QED) is 0.563. The number of aromatic nitrogens is 2. The second-order valence-electron chi connectivity index (χ2n) is 8.15. The van der Waals surface area contributed by atoms with Crippen molar-refractivity contribution in [1.82, 2.24) is 14.9 Å². The van der Waals surface area contributed by atoms with Crippen LogP contribution in [0.4, 0.5) is 19.0 Å². The van der Waals surface area contributed by atoms with E-state index in [1.807, 2.05) is 0 Å². The highest BCUT2D eigenvalue weighted by atomic mass is 19.3. The maximum absolute atomic E-state index is 14.6. The zero-order valence-corrected chi connectivity index (χ0v) is 18.3. The van der Waals surface area contributed by atoms with Crippen LogP contribution in [0.1, 0.15) is 24.8 Å². The Labute approximate surface area is 193 Å². The monoisotopic (exact) mass is 472 g/mol. The van der Waals surface area contributed by atoms with Crippen molar-refractivity contribution in [1.29, 1.82) is 0 Å². The van der Waals surface area contributed by atoms with Gasteiger partial charge in [0.1, 0.15) is 23.1 Å². The highest BCUT2D eigenvalue weighted by Crippen LogP contribution is 2.40. The Morgan fingerprint density at radius 1 is 1.18 bits per heavy atom. The lowest BCUT2D eigenvalue weighted by atomic mass is 9.87. The van der Waals surface area contributed by atoms with Gasteiger partial charge < -0.3 is 15.0 Å². The first-order chi connectivity index (χ1) is 16.2. The standard InChI is InChI=1S/C24H23F3N4O3/c1-15(31-11-10-24(26,27)20(14-31)16-2-9-22(32)29-12-16)23(33)30-21-8-7-19(13-28-21)34-18-5-3-17(25)4-6-18/h2-9,12-13,15,20H,10-11,14H2,1H3,(H,29,32)(H,28,30,33)/t15?,20-/m1/s1. The van der Waals surface area contributed by atoms with E-state index < -0.39 is 24.3 Å². The molecule has 0 saturated carbocycles. The number of hydrogen-bond donors (Lipinski definition) is 2. The average Bonchev–Trinajstić information content (AvgIpc) is 2.82. The van der Waals surface area contributed by atoms with Gasteiger partial charge in [0, 0.05) is 31.8 Å². The van der Waals surface area contributed by atoms with Crippen LogP contribution in [0, 0.1) is 5.82 Å². The minimum absolute atomic E-state index is 0.0362. The van der Waals surface area contributed by atoms with E-state index in [4.69, 9.17) is 4.74 Å². The number of hydrogen-bond acceptors (Lipinski definition) is 5. The van der Waals surface area contributed by atoms with Gasteiger partial charge in [-0.1, -0.05) is 6.07 Å². The van der Waals surface area contributed by atoms with E-state index in [0.717, 1.165) is 0 Å². The Bertz CT molecular complexity index is 1180. The number of H-pyrrole nitrogens is 1. The number of nitrogens with one attached hydrogen (secondary N) is 2. The number of carbonyl (C=O) groups excluding carboxylic acids is 1. The second kappa shape index (κ2) is 9.68. The summed E-state index contributed by atoms with van der Waals surface area (Å²) in [6.07, 6.45) is 2.31. The predicted molar refractivity (Wildman–Crippen MR) is 120 cm³/mol. The van der Waals surface area contributed by atoms with E-state index in [2.05, 4.69) is 15.3 Å². The Morgan fingerprint density at radius 3 is 2.56 bits per heavy atom. The molecule has 34 heavy (non-hydrogen) atoms. The van der Waals surface area contributed by atoms with Gasteiger partial charge >= 0.3 is 0 Å². The Morgan fingerprint density at radius 2 is 1.91 bits per heavy atom. The molecular formula is C24H23F3N4O3. The lowest BCUT2D eigenvalue weighted by Gasteiger charge is -2.40. The van der Waals surface area contributed by atoms with Crippen molar-refractivity contribution >= 4 is 11.7 Å². The molecule has 178 valence electrons. The fraction of sp³-hybridized carbons (Fsp3) is 0.292. The zero-order valence-electron chi connectivity index (χ0n) is 18.3. The molecule has 2 aromatic heterocycles. The summed E-state index contributed by atoms with van der Waals surface area (Å²) in [5, 5.41) is 2.69. The fourth-order valence-electron chi connectivity index (χ4n) is 3.82. The molecule has 1 amide bonds. The number of carbonyl (C=O) groups is 1. The molecule has 7 nitrogen and oxygen atoms in total. The largest absolute Gasteiger partial charge is 0.456 e. The Hall–Kier alpha value is -3.66. The number of aromatic amines is 1. The number of nitrogens with zero attached hydrogens (tertiary/aromatic N) is 2. The molecule has 2 N–H and O–H groups in total. The number of pyridine rings is 2. The third-order valence-corrected chi connectivity index (χ3v) is 5.83. The number of amides is 1. The van der Waals surface area contributed by atoms with Gasteiger partial charge in [-0.3, -0.25) is 14.5 Å². The number of piperidine rings is 1. The van der Waals surface area contributed by atoms with E-state index in [1.54, 1.807) is 24.0 Å². The minimum atomic E-state index is -2.95. The first-order valence-corrected chi connectivity index (χ1v) is 10.7. The lowest BCUT2D eigenvalue weighted by molar-refractivity contribution is -0.125. The molecule has 1 aliphatic heterocycles. The first kappa shape index (κ1) is 23.5. The topological polar surface area (TPSA) is 87.3 Å². The SMILES string of the molecule is CC(C(=O)Nc1ccc(Oc2ccc(F)cc2)cn1)N1CCC(F)(F)[C@@H](c2ccc(=O)[nH]c2)C1. The van der Waals surface area contributed by atoms with E-state index in [9.17, 15) is 22.8 Å². The van der Waals surface area contributed by atoms with Gasteiger partial charge in [0.2, 0.25) is 11.5 Å². The molecule has 10 heteroatoms. The molecule has 0 aliphatic carbocycles. The Balaban J connectivity index is 1.38. The van der Waals surface area contributed by atoms with Gasteiger partial charge in [-0.2, -0.15) is 0 Å². The number of likely N-dealkylation sites (tertiary alicyclic amines) is 1. The van der Waals surface area contributed by atoms with Gasteiger partial charge in [0.25, 0.3) is 5.92 Å². The molecule has 2 atom stereocenters. The smallest absolute Gasteiger partial charge is 0.257 e. The number of halogens is 3. The molecule has 4 rings (SSSR count). The molecule has 3 aromatic rings. The molecule has 1 aromatic carbocycles. The second-order valence-corrected chi connectivity index (χ2v) is 8.15. The van der Waals surface area contributed by atoms with Crippen molar-refractivity contribution in [3.05, 3.63) is 82.7 Å². The normalized spacial score (nSPS) is 18.8. The summed E-state index contributed by atoms with van der Waals surface area (Å²) in [5.41, 5.74) is -0.0469. The van der Waals surface area contributed by atoms with Crippen LogP contribution in [0.3, 0.4) is 0 Å². The number of alkyl halides is 2. The van der Waals surface area contributed by atoms with Gasteiger partial charge in [0.15, 0.2) is 0 Å². The van der Waals surface area contributed by atoms with Crippen LogP contribution in [-0.4, -0.2) is 45.8 Å². The van der Waals surface area contributed by atoms with Gasteiger partial charge in [-0.05, 0) is 48.9 Å². The highest BCUT2D eigenvalue weighted by molar-refractivity contribution is 5.93. The van der Waals surface area contributed by atoms with Gasteiger partial charge in [-0.25, -0.2) is 18.2 Å². The summed E-state index contributed by atoms with van der Waals surface area (Å²) in [4.78, 5) is 32.3. The van der Waals surface area contributed by atoms with Crippen LogP contribution < -0.4 is 15.6 Å². The Kier molecular flexibility index (Phi) is 6.69. The zero-order chi connectivity index (χ0) is 24.3. The summed E-state index contributed by atoms with van der Waals surface area (Å²) in [7, 11) is 0. The van der Waals surface area contributed by atoms with Gasteiger partial charge in [-0.15, -0.1) is 0 Å². The predicted octanol–water partition coefficient (Wildman–Crippen LogP) is 4.15. The van der Waals surface area contributed by atoms with E-state index in [1.165, 1.54) is 48.8 Å². The number of rotatable bonds is 6. The van der Waals surface area contributed by atoms with Crippen molar-refractivity contribution in [2.45, 2.75) is 31.2 Å². The maximum Gasteiger partial charge on any atom is 0.257 e. The molecule has 1 saturated heterocycles. The molecule has 1 fully saturated rings. The number of ether oxygens (including phenoxy) is 1. The van der Waals surface area contributed by atoms with Crippen molar-refractivity contribution in [2.75, 3.05) is 18.4 Å². The third-order valence-electron chi connectivity index (χ3n) is 5.83. The molecule has 1 aliphatic rings. The van der Waals surface area contributed by atoms with Gasteiger partial charge in [0.05, 0.1) is 18.2 Å². The summed E-state index contributed by atoms with van der Waals surface area (Å²) < 4.78 is 47.8. The van der Waals surface area contributed by atoms with Crippen LogP contribution in [0.25, 0.3) is 0 Å². The highest BCUT2D eigenvalue weighted by Gasteiger charge is 2.46. The van der Waals surface area contributed by atoms with Crippen LogP contribution in [0.2, 0.25) is 0 Å². The van der Waals surface area contributed by atoms with Crippen LogP contribution in [0.15, 0.2) is 65.7 Å². The molecule has 0 radical (unpaired) electrons. The summed E-state index contributed by atoms with van der Waals surface area (Å²) >= 11 is 0. The van der Waals surface area contributed by atoms with Crippen LogP contribution in [0.5, 0.6) is 11.5 Å². The van der Waals surface area contributed by atoms with E-state index in [0.29, 0.717) is 17.1 Å². The molecule has 1 unspecified atom stereocenters. The average molecular weight is 472 g/mol. The summed E-state index contributed by atoms with van der Waals surface area (Å²) in [5.74, 6) is -3.73. The van der Waals surface area contributed by atoms with Crippen LogP contribution in [-0.2, 0) is 4.79 Å². The number of benzene rings is 1.